The highest BCUT2D eigenvalue weighted by molar-refractivity contribution is 7.99. The van der Waals surface area contributed by atoms with Gasteiger partial charge in [-0.05, 0) is 61.0 Å². The fraction of sp³-hybridized carbons (Fsp3) is 0.312. The zero-order chi connectivity index (χ0) is 33.1. The molecule has 0 fully saturated rings. The number of hydrogen-bond donors (Lipinski definition) is 2. The summed E-state index contributed by atoms with van der Waals surface area (Å²) in [6.07, 6.45) is 0. The number of hydrogen-bond acceptors (Lipinski definition) is 12. The summed E-state index contributed by atoms with van der Waals surface area (Å²) in [5.74, 6) is 2.22. The number of ether oxygens (including phenoxy) is 4. The molecule has 2 aromatic carbocycles. The summed E-state index contributed by atoms with van der Waals surface area (Å²) in [6.45, 7) is 8.01. The van der Waals surface area contributed by atoms with E-state index in [1.807, 2.05) is 67.3 Å². The number of benzene rings is 2. The third-order valence-electron chi connectivity index (χ3n) is 6.21. The summed E-state index contributed by atoms with van der Waals surface area (Å²) in [5, 5.41) is 5.49. The number of aromatic nitrogens is 4. The van der Waals surface area contributed by atoms with E-state index in [0.717, 1.165) is 34.4 Å². The number of amides is 2. The Bertz CT molecular complexity index is 1530. The maximum absolute atomic E-state index is 11.8. The summed E-state index contributed by atoms with van der Waals surface area (Å²) >= 11 is 1.09. The number of nitrogens with zero attached hydrogens (tertiary/aromatic N) is 5. The van der Waals surface area contributed by atoms with Crippen LogP contribution in [0, 0.1) is 0 Å². The van der Waals surface area contributed by atoms with Gasteiger partial charge in [-0.15, -0.1) is 0 Å². The molecule has 0 saturated heterocycles. The lowest BCUT2D eigenvalue weighted by molar-refractivity contribution is -0.115. The molecular weight excluding hydrogens is 610 g/mol. The first-order chi connectivity index (χ1) is 22.2. The van der Waals surface area contributed by atoms with Crippen molar-refractivity contribution < 1.29 is 28.5 Å². The normalized spacial score (nSPS) is 10.6. The molecule has 0 spiro atoms. The van der Waals surface area contributed by atoms with Crippen LogP contribution in [0.25, 0.3) is 0 Å². The maximum atomic E-state index is 11.8. The van der Waals surface area contributed by atoms with Crippen LogP contribution < -0.4 is 34.5 Å². The van der Waals surface area contributed by atoms with Crippen molar-refractivity contribution in [3.63, 3.8) is 0 Å². The Morgan fingerprint density at radius 2 is 1.15 bits per heavy atom. The third-order valence-corrected chi connectivity index (χ3v) is 7.13. The van der Waals surface area contributed by atoms with Crippen LogP contribution in [0.4, 0.5) is 17.6 Å². The van der Waals surface area contributed by atoms with Gasteiger partial charge in [0, 0.05) is 33.0 Å². The van der Waals surface area contributed by atoms with Crippen molar-refractivity contribution in [2.24, 2.45) is 0 Å². The van der Waals surface area contributed by atoms with Crippen LogP contribution in [0.2, 0.25) is 0 Å². The standard InChI is InChI=1S/C32H37N7O6S/c1-7-44-29-28(46-32-35-26(33-20(3)40)17-27(36-32)34-21(4)41)30(45-8-2)38-31(37-29)39(18-22-9-13-24(42-5)14-10-22)19-23-11-15-25(43-6)16-12-23/h9-17H,7-8,18-19H2,1-6H3,(H2,33,34,35,36,40,41). The smallest absolute Gasteiger partial charge is 0.236 e. The monoisotopic (exact) mass is 647 g/mol. The summed E-state index contributed by atoms with van der Waals surface area (Å²) in [7, 11) is 3.26. The molecule has 0 unspecified atom stereocenters. The Kier molecular flexibility index (Phi) is 11.9. The van der Waals surface area contributed by atoms with Crippen molar-refractivity contribution in [2.45, 2.75) is 50.8 Å². The molecular formula is C32H37N7O6S. The van der Waals surface area contributed by atoms with E-state index in [2.05, 4.69) is 20.6 Å². The molecule has 242 valence electrons. The SMILES string of the molecule is CCOc1nc(N(Cc2ccc(OC)cc2)Cc2ccc(OC)cc2)nc(OCC)c1Sc1nc(NC(C)=O)cc(NC(C)=O)n1. The Balaban J connectivity index is 1.79. The lowest BCUT2D eigenvalue weighted by Crippen LogP contribution is -2.25. The first-order valence-electron chi connectivity index (χ1n) is 14.5. The molecule has 2 N–H and O–H groups in total. The van der Waals surface area contributed by atoms with Crippen LogP contribution in [0.1, 0.15) is 38.8 Å². The van der Waals surface area contributed by atoms with E-state index in [-0.39, 0.29) is 40.4 Å². The van der Waals surface area contributed by atoms with E-state index < -0.39 is 0 Å². The van der Waals surface area contributed by atoms with E-state index in [9.17, 15) is 9.59 Å². The first-order valence-corrected chi connectivity index (χ1v) is 15.3. The summed E-state index contributed by atoms with van der Waals surface area (Å²) in [4.78, 5) is 44.6. The first kappa shape index (κ1) is 33.8. The largest absolute Gasteiger partial charge is 0.497 e. The van der Waals surface area contributed by atoms with Crippen molar-refractivity contribution in [3.05, 3.63) is 65.7 Å². The van der Waals surface area contributed by atoms with Crippen molar-refractivity contribution in [3.8, 4) is 23.3 Å². The quantitative estimate of drug-likeness (QED) is 0.160. The number of nitrogens with one attached hydrogen (secondary N) is 2. The highest BCUT2D eigenvalue weighted by Gasteiger charge is 2.24. The Morgan fingerprint density at radius 3 is 1.52 bits per heavy atom. The van der Waals surface area contributed by atoms with Crippen molar-refractivity contribution in [1.29, 1.82) is 0 Å². The number of methoxy groups -OCH3 is 2. The Labute approximate surface area is 272 Å². The average molecular weight is 648 g/mol. The van der Waals surface area contributed by atoms with Gasteiger partial charge in [-0.1, -0.05) is 24.3 Å². The van der Waals surface area contributed by atoms with Gasteiger partial charge in [0.05, 0.1) is 27.4 Å². The van der Waals surface area contributed by atoms with Crippen molar-refractivity contribution >= 4 is 41.2 Å². The fourth-order valence-corrected chi connectivity index (χ4v) is 5.10. The second-order valence-electron chi connectivity index (χ2n) is 9.77. The molecule has 0 aliphatic rings. The van der Waals surface area contributed by atoms with Gasteiger partial charge in [-0.2, -0.15) is 9.97 Å². The average Bonchev–Trinajstić information content (AvgIpc) is 3.02. The molecule has 46 heavy (non-hydrogen) atoms. The minimum absolute atomic E-state index is 0.210. The van der Waals surface area contributed by atoms with E-state index in [0.29, 0.717) is 37.1 Å². The maximum Gasteiger partial charge on any atom is 0.236 e. The summed E-state index contributed by atoms with van der Waals surface area (Å²) in [5.41, 5.74) is 2.03. The number of rotatable bonds is 15. The predicted molar refractivity (Wildman–Crippen MR) is 175 cm³/mol. The van der Waals surface area contributed by atoms with Crippen LogP contribution in [-0.2, 0) is 22.7 Å². The predicted octanol–water partition coefficient (Wildman–Crippen LogP) is 5.36. The molecule has 0 radical (unpaired) electrons. The van der Waals surface area contributed by atoms with E-state index in [1.54, 1.807) is 14.2 Å². The van der Waals surface area contributed by atoms with Gasteiger partial charge in [0.1, 0.15) is 28.0 Å². The molecule has 2 amide bonds. The van der Waals surface area contributed by atoms with Crippen LogP contribution in [0.5, 0.6) is 23.3 Å². The number of anilines is 3. The van der Waals surface area contributed by atoms with Gasteiger partial charge in [0.15, 0.2) is 5.16 Å². The molecule has 0 atom stereocenters. The highest BCUT2D eigenvalue weighted by atomic mass is 32.2. The molecule has 0 bridgehead atoms. The highest BCUT2D eigenvalue weighted by Crippen LogP contribution is 2.41. The zero-order valence-corrected chi connectivity index (χ0v) is 27.4. The molecule has 2 heterocycles. The van der Waals surface area contributed by atoms with Crippen LogP contribution >= 0.6 is 11.8 Å². The molecule has 0 saturated carbocycles. The molecule has 4 aromatic rings. The molecule has 13 nitrogen and oxygen atoms in total. The Morgan fingerprint density at radius 1 is 0.717 bits per heavy atom. The van der Waals surface area contributed by atoms with Crippen molar-refractivity contribution in [1.82, 2.24) is 19.9 Å². The van der Waals surface area contributed by atoms with Crippen LogP contribution in [0.3, 0.4) is 0 Å². The summed E-state index contributed by atoms with van der Waals surface area (Å²) in [6, 6.07) is 17.0. The third kappa shape index (κ3) is 9.44. The van der Waals surface area contributed by atoms with E-state index in [1.165, 1.54) is 19.9 Å². The second kappa shape index (κ2) is 16.3. The van der Waals surface area contributed by atoms with Gasteiger partial charge in [0.2, 0.25) is 29.5 Å². The van der Waals surface area contributed by atoms with Crippen molar-refractivity contribution in [2.75, 3.05) is 43.0 Å². The molecule has 14 heteroatoms. The minimum Gasteiger partial charge on any atom is -0.497 e. The molecule has 0 aliphatic carbocycles. The van der Waals surface area contributed by atoms with E-state index >= 15 is 0 Å². The van der Waals surface area contributed by atoms with Gasteiger partial charge in [0.25, 0.3) is 0 Å². The zero-order valence-electron chi connectivity index (χ0n) is 26.6. The second-order valence-corrected chi connectivity index (χ2v) is 10.7. The fourth-order valence-electron chi connectivity index (χ4n) is 4.25. The Hall–Kier alpha value is -5.11. The topological polar surface area (TPSA) is 150 Å². The van der Waals surface area contributed by atoms with Gasteiger partial charge < -0.3 is 34.5 Å². The van der Waals surface area contributed by atoms with Gasteiger partial charge in [-0.25, -0.2) is 9.97 Å². The number of carbonyl (C=O) groups is 2. The van der Waals surface area contributed by atoms with Gasteiger partial charge >= 0.3 is 0 Å². The minimum atomic E-state index is -0.324. The summed E-state index contributed by atoms with van der Waals surface area (Å²) < 4.78 is 22.7. The molecule has 2 aromatic heterocycles. The molecule has 0 aliphatic heterocycles. The van der Waals surface area contributed by atoms with E-state index in [4.69, 9.17) is 28.9 Å². The van der Waals surface area contributed by atoms with Crippen LogP contribution in [0.15, 0.2) is 64.6 Å². The number of carbonyl (C=O) groups excluding carboxylic acids is 2. The molecule has 4 rings (SSSR count). The lowest BCUT2D eigenvalue weighted by Gasteiger charge is -2.25. The van der Waals surface area contributed by atoms with Gasteiger partial charge in [-0.3, -0.25) is 9.59 Å². The van der Waals surface area contributed by atoms with Crippen LogP contribution in [-0.4, -0.2) is 59.2 Å². The lowest BCUT2D eigenvalue weighted by atomic mass is 10.1.